The van der Waals surface area contributed by atoms with Gasteiger partial charge in [0.15, 0.2) is 0 Å². The molecule has 1 aliphatic heterocycles. The van der Waals surface area contributed by atoms with Crippen LogP contribution in [0, 0.1) is 19.8 Å². The number of aryl methyl sites for hydroxylation is 2. The molecule has 0 saturated carbocycles. The number of benzene rings is 1. The predicted molar refractivity (Wildman–Crippen MR) is 72.1 cm³/mol. The van der Waals surface area contributed by atoms with Crippen LogP contribution >= 0.6 is 0 Å². The Morgan fingerprint density at radius 1 is 1.22 bits per heavy atom. The van der Waals surface area contributed by atoms with Gasteiger partial charge < -0.3 is 4.90 Å². The summed E-state index contributed by atoms with van der Waals surface area (Å²) in [7, 11) is 0. The molecule has 2 rings (SSSR count). The lowest BCUT2D eigenvalue weighted by Crippen LogP contribution is -2.33. The van der Waals surface area contributed by atoms with Crippen molar-refractivity contribution in [3.05, 3.63) is 28.8 Å². The lowest BCUT2D eigenvalue weighted by Gasteiger charge is -2.22. The minimum atomic E-state index is -0.376. The zero-order valence-electron chi connectivity index (χ0n) is 11.4. The summed E-state index contributed by atoms with van der Waals surface area (Å²) in [5.41, 5.74) is 3.42. The lowest BCUT2D eigenvalue weighted by atomic mass is 10.0. The van der Waals surface area contributed by atoms with Crippen molar-refractivity contribution in [2.24, 2.45) is 5.92 Å². The lowest BCUT2D eigenvalue weighted by molar-refractivity contribution is -0.114. The molecule has 1 heterocycles. The molecule has 0 aliphatic carbocycles. The van der Waals surface area contributed by atoms with E-state index in [1.165, 1.54) is 0 Å². The van der Waals surface area contributed by atoms with E-state index in [0.717, 1.165) is 23.2 Å². The Morgan fingerprint density at radius 3 is 2.50 bits per heavy atom. The van der Waals surface area contributed by atoms with Crippen molar-refractivity contribution in [1.29, 1.82) is 0 Å². The molecule has 0 aromatic heterocycles. The van der Waals surface area contributed by atoms with Crippen LogP contribution in [0.25, 0.3) is 0 Å². The van der Waals surface area contributed by atoms with Gasteiger partial charge in [-0.15, -0.1) is 0 Å². The van der Waals surface area contributed by atoms with Gasteiger partial charge in [-0.1, -0.05) is 26.3 Å². The van der Waals surface area contributed by atoms with E-state index in [9.17, 15) is 9.59 Å². The predicted octanol–water partition coefficient (Wildman–Crippen LogP) is 2.88. The number of hydrogen-bond donors (Lipinski definition) is 0. The van der Waals surface area contributed by atoms with Gasteiger partial charge in [0.05, 0.1) is 11.3 Å². The molecule has 1 aliphatic rings. The molecule has 1 aromatic rings. The molecular formula is C15H19NO2. The third-order valence-corrected chi connectivity index (χ3v) is 3.59. The van der Waals surface area contributed by atoms with Crippen LogP contribution in [-0.2, 0) is 4.79 Å². The van der Waals surface area contributed by atoms with Crippen molar-refractivity contribution < 1.29 is 9.59 Å². The molecule has 18 heavy (non-hydrogen) atoms. The average molecular weight is 245 g/mol. The number of anilines is 1. The molecule has 0 spiro atoms. The van der Waals surface area contributed by atoms with E-state index in [4.69, 9.17) is 0 Å². The zero-order chi connectivity index (χ0) is 13.4. The fourth-order valence-corrected chi connectivity index (χ4v) is 2.45. The third-order valence-electron chi connectivity index (χ3n) is 3.59. The normalized spacial score (nSPS) is 16.1. The number of rotatable bonds is 3. The number of Topliss-reactive ketones (excluding diaryl/α,β-unsaturated/α-hetero) is 1. The van der Waals surface area contributed by atoms with Crippen molar-refractivity contribution in [2.45, 2.75) is 34.1 Å². The number of ketones is 1. The fraction of sp³-hybridized carbons (Fsp3) is 0.467. The number of carbonyl (C=O) groups is 2. The molecule has 1 amide bonds. The molecule has 0 N–H and O–H groups in total. The van der Waals surface area contributed by atoms with Crippen LogP contribution < -0.4 is 4.90 Å². The second-order valence-corrected chi connectivity index (χ2v) is 5.24. The summed E-state index contributed by atoms with van der Waals surface area (Å²) in [5.74, 6) is -0.340. The summed E-state index contributed by atoms with van der Waals surface area (Å²) in [6.07, 6.45) is 0.998. The first-order chi connectivity index (χ1) is 8.45. The van der Waals surface area contributed by atoms with Crippen LogP contribution in [0.3, 0.4) is 0 Å². The Bertz CT molecular complexity index is 519. The third kappa shape index (κ3) is 1.94. The highest BCUT2D eigenvalue weighted by Crippen LogP contribution is 2.34. The van der Waals surface area contributed by atoms with E-state index in [1.54, 1.807) is 4.90 Å². The quantitative estimate of drug-likeness (QED) is 0.768. The van der Waals surface area contributed by atoms with E-state index in [1.807, 2.05) is 26.0 Å². The van der Waals surface area contributed by atoms with E-state index in [-0.39, 0.29) is 11.7 Å². The number of nitrogens with zero attached hydrogens (tertiary/aromatic N) is 1. The maximum Gasteiger partial charge on any atom is 0.299 e. The highest BCUT2D eigenvalue weighted by Gasteiger charge is 2.37. The average Bonchev–Trinajstić information content (AvgIpc) is 2.54. The van der Waals surface area contributed by atoms with Crippen molar-refractivity contribution in [1.82, 2.24) is 0 Å². The van der Waals surface area contributed by atoms with Gasteiger partial charge in [-0.25, -0.2) is 0 Å². The first-order valence-electron chi connectivity index (χ1n) is 6.43. The van der Waals surface area contributed by atoms with Gasteiger partial charge in [0.1, 0.15) is 0 Å². The Kier molecular flexibility index (Phi) is 3.24. The number of hydrogen-bond acceptors (Lipinski definition) is 2. The van der Waals surface area contributed by atoms with Crippen LogP contribution in [0.1, 0.15) is 41.8 Å². The largest absolute Gasteiger partial charge is 0.304 e. The van der Waals surface area contributed by atoms with Gasteiger partial charge in [0.2, 0.25) is 0 Å². The SMILES string of the molecule is CCC(C)CN1C(=O)C(=O)c2cc(C)cc(C)c21. The summed E-state index contributed by atoms with van der Waals surface area (Å²) in [6, 6.07) is 3.84. The van der Waals surface area contributed by atoms with Crippen molar-refractivity contribution in [2.75, 3.05) is 11.4 Å². The summed E-state index contributed by atoms with van der Waals surface area (Å²) >= 11 is 0. The number of fused-ring (bicyclic) bond motifs is 1. The summed E-state index contributed by atoms with van der Waals surface area (Å²) in [4.78, 5) is 25.7. The summed E-state index contributed by atoms with van der Waals surface area (Å²) in [6.45, 7) is 8.72. The van der Waals surface area contributed by atoms with Crippen LogP contribution in [0.5, 0.6) is 0 Å². The van der Waals surface area contributed by atoms with E-state index in [0.29, 0.717) is 18.0 Å². The Hall–Kier alpha value is -1.64. The topological polar surface area (TPSA) is 37.4 Å². The minimum absolute atomic E-state index is 0.361. The molecule has 3 nitrogen and oxygen atoms in total. The molecule has 0 radical (unpaired) electrons. The van der Waals surface area contributed by atoms with Crippen LogP contribution in [0.4, 0.5) is 5.69 Å². The van der Waals surface area contributed by atoms with E-state index in [2.05, 4.69) is 13.8 Å². The van der Waals surface area contributed by atoms with Gasteiger partial charge in [0.25, 0.3) is 11.7 Å². The first kappa shape index (κ1) is 12.8. The molecule has 0 bridgehead atoms. The van der Waals surface area contributed by atoms with Crippen molar-refractivity contribution in [3.63, 3.8) is 0 Å². The standard InChI is InChI=1S/C15H19NO2/c1-5-9(2)8-16-13-11(4)6-10(3)7-12(13)14(17)15(16)18/h6-7,9H,5,8H2,1-4H3. The van der Waals surface area contributed by atoms with Crippen LogP contribution in [-0.4, -0.2) is 18.2 Å². The van der Waals surface area contributed by atoms with Gasteiger partial charge in [-0.05, 0) is 37.0 Å². The molecule has 1 unspecified atom stereocenters. The Labute approximate surface area is 108 Å². The van der Waals surface area contributed by atoms with E-state index >= 15 is 0 Å². The highest BCUT2D eigenvalue weighted by atomic mass is 16.2. The molecule has 0 fully saturated rings. The molecule has 1 atom stereocenters. The van der Waals surface area contributed by atoms with Gasteiger partial charge >= 0.3 is 0 Å². The molecule has 1 aromatic carbocycles. The molecule has 3 heteroatoms. The zero-order valence-corrected chi connectivity index (χ0v) is 11.4. The smallest absolute Gasteiger partial charge is 0.299 e. The number of amides is 1. The second-order valence-electron chi connectivity index (χ2n) is 5.24. The molecule has 96 valence electrons. The second kappa shape index (κ2) is 4.56. The maximum atomic E-state index is 12.1. The monoisotopic (exact) mass is 245 g/mol. The molecule has 0 saturated heterocycles. The first-order valence-corrected chi connectivity index (χ1v) is 6.43. The summed E-state index contributed by atoms with van der Waals surface area (Å²) in [5, 5.41) is 0. The van der Waals surface area contributed by atoms with Gasteiger partial charge in [-0.3, -0.25) is 9.59 Å². The van der Waals surface area contributed by atoms with Crippen LogP contribution in [0.15, 0.2) is 12.1 Å². The summed E-state index contributed by atoms with van der Waals surface area (Å²) < 4.78 is 0. The van der Waals surface area contributed by atoms with Crippen LogP contribution in [0.2, 0.25) is 0 Å². The Morgan fingerprint density at radius 2 is 1.89 bits per heavy atom. The minimum Gasteiger partial charge on any atom is -0.304 e. The van der Waals surface area contributed by atoms with Crippen molar-refractivity contribution in [3.8, 4) is 0 Å². The molecular weight excluding hydrogens is 226 g/mol. The number of carbonyl (C=O) groups excluding carboxylic acids is 2. The van der Waals surface area contributed by atoms with Crippen molar-refractivity contribution >= 4 is 17.4 Å². The maximum absolute atomic E-state index is 12.1. The van der Waals surface area contributed by atoms with Gasteiger partial charge in [0, 0.05) is 6.54 Å². The Balaban J connectivity index is 2.48. The fourth-order valence-electron chi connectivity index (χ4n) is 2.45. The van der Waals surface area contributed by atoms with Gasteiger partial charge in [-0.2, -0.15) is 0 Å². The van der Waals surface area contributed by atoms with E-state index < -0.39 is 0 Å². The highest BCUT2D eigenvalue weighted by molar-refractivity contribution is 6.52.